The molecule has 0 bridgehead atoms. The lowest BCUT2D eigenvalue weighted by Crippen LogP contribution is -2.47. The van der Waals surface area contributed by atoms with Gasteiger partial charge in [0.05, 0.1) is 7.11 Å². The predicted octanol–water partition coefficient (Wildman–Crippen LogP) is 2.43. The third-order valence-corrected chi connectivity index (χ3v) is 3.47. The fourth-order valence-electron chi connectivity index (χ4n) is 2.07. The Balaban J connectivity index is 2.03. The van der Waals surface area contributed by atoms with Crippen LogP contribution in [0.4, 0.5) is 0 Å². The highest BCUT2D eigenvalue weighted by Crippen LogP contribution is 2.33. The van der Waals surface area contributed by atoms with Gasteiger partial charge in [0, 0.05) is 17.6 Å². The summed E-state index contributed by atoms with van der Waals surface area (Å²) in [6, 6.07) is 5.59. The number of methoxy groups -OCH3 is 1. The highest BCUT2D eigenvalue weighted by atomic mass is 16.5. The van der Waals surface area contributed by atoms with Crippen molar-refractivity contribution >= 4 is 0 Å². The Morgan fingerprint density at radius 2 is 2.19 bits per heavy atom. The van der Waals surface area contributed by atoms with Crippen LogP contribution in [-0.4, -0.2) is 17.8 Å². The quantitative estimate of drug-likeness (QED) is 0.820. The number of ether oxygens (including phenoxy) is 1. The molecule has 0 aromatic heterocycles. The number of nitrogens with one attached hydrogen (secondary N) is 1. The van der Waals surface area contributed by atoms with Crippen LogP contribution in [0.1, 0.15) is 31.7 Å². The van der Waals surface area contributed by atoms with E-state index in [0.29, 0.717) is 12.3 Å². The van der Waals surface area contributed by atoms with Crippen molar-refractivity contribution in [3.63, 3.8) is 0 Å². The molecule has 0 radical (unpaired) electrons. The van der Waals surface area contributed by atoms with Crippen molar-refractivity contribution in [2.75, 3.05) is 7.11 Å². The lowest BCUT2D eigenvalue weighted by molar-refractivity contribution is 0.206. The Morgan fingerprint density at radius 3 is 2.75 bits per heavy atom. The van der Waals surface area contributed by atoms with Crippen LogP contribution in [0.15, 0.2) is 18.2 Å². The fourth-order valence-corrected chi connectivity index (χ4v) is 2.07. The maximum Gasteiger partial charge on any atom is 0.162 e. The molecule has 0 unspecified atom stereocenters. The van der Waals surface area contributed by atoms with E-state index in [1.54, 1.807) is 13.2 Å². The molecule has 2 N–H and O–H groups in total. The molecule has 3 nitrogen and oxygen atoms in total. The third kappa shape index (κ3) is 2.14. The third-order valence-electron chi connectivity index (χ3n) is 3.47. The number of para-hydroxylation sites is 1. The Bertz CT molecular complexity index is 372. The van der Waals surface area contributed by atoms with E-state index in [1.165, 1.54) is 19.3 Å². The maximum atomic E-state index is 9.91. The molecule has 0 saturated heterocycles. The van der Waals surface area contributed by atoms with Crippen molar-refractivity contribution in [3.05, 3.63) is 23.8 Å². The molecule has 1 aromatic carbocycles. The molecule has 0 amide bonds. The van der Waals surface area contributed by atoms with Crippen LogP contribution in [0.3, 0.4) is 0 Å². The topological polar surface area (TPSA) is 41.5 Å². The van der Waals surface area contributed by atoms with Gasteiger partial charge in [-0.25, -0.2) is 0 Å². The van der Waals surface area contributed by atoms with Gasteiger partial charge in [-0.05, 0) is 32.3 Å². The molecule has 1 aromatic rings. The Morgan fingerprint density at radius 1 is 1.44 bits per heavy atom. The average molecular weight is 221 g/mol. The fraction of sp³-hybridized carbons (Fsp3) is 0.538. The lowest BCUT2D eigenvalue weighted by Gasteiger charge is -2.39. The van der Waals surface area contributed by atoms with Crippen molar-refractivity contribution in [1.29, 1.82) is 0 Å². The maximum absolute atomic E-state index is 9.91. The van der Waals surface area contributed by atoms with E-state index in [2.05, 4.69) is 12.2 Å². The molecule has 88 valence electrons. The first-order valence-corrected chi connectivity index (χ1v) is 5.74. The van der Waals surface area contributed by atoms with Gasteiger partial charge in [0.15, 0.2) is 11.5 Å². The minimum atomic E-state index is 0.250. The van der Waals surface area contributed by atoms with Crippen LogP contribution < -0.4 is 10.1 Å². The number of rotatable bonds is 4. The van der Waals surface area contributed by atoms with Crippen molar-refractivity contribution in [2.45, 2.75) is 38.3 Å². The molecule has 0 spiro atoms. The van der Waals surface area contributed by atoms with Crippen LogP contribution in [-0.2, 0) is 6.54 Å². The average Bonchev–Trinajstić information content (AvgIpc) is 2.25. The van der Waals surface area contributed by atoms with Crippen LogP contribution in [0, 0.1) is 0 Å². The predicted molar refractivity (Wildman–Crippen MR) is 63.8 cm³/mol. The van der Waals surface area contributed by atoms with Gasteiger partial charge < -0.3 is 15.2 Å². The molecular formula is C13H19NO2. The van der Waals surface area contributed by atoms with Gasteiger partial charge in [0.2, 0.25) is 0 Å². The normalized spacial score (nSPS) is 17.9. The van der Waals surface area contributed by atoms with Gasteiger partial charge in [-0.3, -0.25) is 0 Å². The van der Waals surface area contributed by atoms with Crippen LogP contribution in [0.25, 0.3) is 0 Å². The van der Waals surface area contributed by atoms with Crippen molar-refractivity contribution in [3.8, 4) is 11.5 Å². The number of phenolic OH excluding ortho intramolecular Hbond substituents is 1. The smallest absolute Gasteiger partial charge is 0.162 e. The van der Waals surface area contributed by atoms with Crippen molar-refractivity contribution in [1.82, 2.24) is 5.32 Å². The van der Waals surface area contributed by atoms with E-state index in [-0.39, 0.29) is 11.3 Å². The first-order chi connectivity index (χ1) is 7.64. The van der Waals surface area contributed by atoms with Gasteiger partial charge >= 0.3 is 0 Å². The molecule has 1 aliphatic carbocycles. The van der Waals surface area contributed by atoms with Gasteiger partial charge in [-0.2, -0.15) is 0 Å². The van der Waals surface area contributed by atoms with Gasteiger partial charge in [0.1, 0.15) is 0 Å². The van der Waals surface area contributed by atoms with Crippen molar-refractivity contribution in [2.24, 2.45) is 0 Å². The summed E-state index contributed by atoms with van der Waals surface area (Å²) in [6.45, 7) is 2.92. The number of aromatic hydroxyl groups is 1. The standard InChI is InChI=1S/C13H19NO2/c1-13(7-4-8-13)14-9-10-5-3-6-11(16-2)12(10)15/h3,5-6,14-15H,4,7-9H2,1-2H3. The highest BCUT2D eigenvalue weighted by molar-refractivity contribution is 5.45. The van der Waals surface area contributed by atoms with E-state index < -0.39 is 0 Å². The summed E-state index contributed by atoms with van der Waals surface area (Å²) in [5, 5.41) is 13.4. The van der Waals surface area contributed by atoms with E-state index in [1.807, 2.05) is 12.1 Å². The first-order valence-electron chi connectivity index (χ1n) is 5.74. The molecule has 3 heteroatoms. The molecular weight excluding hydrogens is 202 g/mol. The van der Waals surface area contributed by atoms with E-state index in [0.717, 1.165) is 5.56 Å². The molecule has 0 aliphatic heterocycles. The minimum Gasteiger partial charge on any atom is -0.504 e. The van der Waals surface area contributed by atoms with Crippen molar-refractivity contribution < 1.29 is 9.84 Å². The molecule has 1 fully saturated rings. The van der Waals surface area contributed by atoms with Gasteiger partial charge in [0.25, 0.3) is 0 Å². The summed E-state index contributed by atoms with van der Waals surface area (Å²) in [5.74, 6) is 0.790. The zero-order chi connectivity index (χ0) is 11.6. The second-order valence-electron chi connectivity index (χ2n) is 4.74. The highest BCUT2D eigenvalue weighted by Gasteiger charge is 2.30. The Labute approximate surface area is 96.4 Å². The van der Waals surface area contributed by atoms with E-state index in [4.69, 9.17) is 4.74 Å². The number of benzene rings is 1. The number of hydrogen-bond donors (Lipinski definition) is 2. The molecule has 1 aliphatic rings. The second-order valence-corrected chi connectivity index (χ2v) is 4.74. The monoisotopic (exact) mass is 221 g/mol. The number of hydrogen-bond acceptors (Lipinski definition) is 3. The Hall–Kier alpha value is -1.22. The van der Waals surface area contributed by atoms with Crippen LogP contribution in [0.5, 0.6) is 11.5 Å². The molecule has 16 heavy (non-hydrogen) atoms. The minimum absolute atomic E-state index is 0.250. The van der Waals surface area contributed by atoms with Gasteiger partial charge in [-0.15, -0.1) is 0 Å². The van der Waals surface area contributed by atoms with E-state index in [9.17, 15) is 5.11 Å². The largest absolute Gasteiger partial charge is 0.504 e. The van der Waals surface area contributed by atoms with Gasteiger partial charge in [-0.1, -0.05) is 12.1 Å². The first kappa shape index (κ1) is 11.3. The molecule has 0 atom stereocenters. The lowest BCUT2D eigenvalue weighted by atomic mass is 9.78. The molecule has 2 rings (SSSR count). The van der Waals surface area contributed by atoms with Crippen LogP contribution in [0.2, 0.25) is 0 Å². The summed E-state index contributed by atoms with van der Waals surface area (Å²) >= 11 is 0. The summed E-state index contributed by atoms with van der Waals surface area (Å²) in [5.41, 5.74) is 1.16. The van der Waals surface area contributed by atoms with Crippen LogP contribution >= 0.6 is 0 Å². The molecule has 1 saturated carbocycles. The SMILES string of the molecule is COc1cccc(CNC2(C)CCC2)c1O. The Kier molecular flexibility index (Phi) is 3.06. The van der Waals surface area contributed by atoms with E-state index >= 15 is 0 Å². The second kappa shape index (κ2) is 4.34. The zero-order valence-corrected chi connectivity index (χ0v) is 9.92. The zero-order valence-electron chi connectivity index (χ0n) is 9.92. The molecule has 0 heterocycles. The number of phenols is 1. The summed E-state index contributed by atoms with van der Waals surface area (Å²) in [4.78, 5) is 0. The summed E-state index contributed by atoms with van der Waals surface area (Å²) < 4.78 is 5.08. The summed E-state index contributed by atoms with van der Waals surface area (Å²) in [6.07, 6.45) is 3.74. The summed E-state index contributed by atoms with van der Waals surface area (Å²) in [7, 11) is 1.57.